The zero-order chi connectivity index (χ0) is 21.8. The number of benzene rings is 1. The van der Waals surface area contributed by atoms with Crippen molar-refractivity contribution in [2.75, 3.05) is 25.9 Å². The molecule has 166 valence electrons. The number of carboxylic acids is 2. The van der Waals surface area contributed by atoms with Gasteiger partial charge in [-0.1, -0.05) is 37.5 Å². The fraction of sp³-hybridized carbons (Fsp3) is 0.565. The Balaban J connectivity index is 0.000000343. The van der Waals surface area contributed by atoms with Crippen molar-refractivity contribution in [1.82, 2.24) is 10.2 Å². The zero-order valence-corrected chi connectivity index (χ0v) is 18.6. The molecule has 3 rings (SSSR count). The van der Waals surface area contributed by atoms with Crippen molar-refractivity contribution in [3.63, 3.8) is 0 Å². The van der Waals surface area contributed by atoms with Gasteiger partial charge < -0.3 is 15.5 Å². The molecule has 3 N–H and O–H groups in total. The van der Waals surface area contributed by atoms with E-state index >= 15 is 0 Å². The number of aliphatic carboxylic acids is 2. The molecule has 0 unspecified atom stereocenters. The molecule has 0 spiro atoms. The van der Waals surface area contributed by atoms with E-state index < -0.39 is 11.9 Å². The second-order valence-corrected chi connectivity index (χ2v) is 8.80. The molecular formula is C23H34N2O4S. The minimum Gasteiger partial charge on any atom is -0.478 e. The van der Waals surface area contributed by atoms with Gasteiger partial charge in [-0.3, -0.25) is 4.90 Å². The highest BCUT2D eigenvalue weighted by Crippen LogP contribution is 2.25. The van der Waals surface area contributed by atoms with Crippen LogP contribution < -0.4 is 5.32 Å². The Morgan fingerprint density at radius 2 is 1.77 bits per heavy atom. The van der Waals surface area contributed by atoms with Crippen LogP contribution >= 0.6 is 11.8 Å². The topological polar surface area (TPSA) is 89.9 Å². The molecule has 1 aliphatic heterocycles. The first kappa shape index (κ1) is 24.4. The quantitative estimate of drug-likeness (QED) is 0.423. The molecule has 0 aromatic heterocycles. The van der Waals surface area contributed by atoms with Crippen LogP contribution in [0.1, 0.15) is 44.1 Å². The van der Waals surface area contributed by atoms with E-state index in [4.69, 9.17) is 10.2 Å². The van der Waals surface area contributed by atoms with Gasteiger partial charge in [-0.15, -0.1) is 11.8 Å². The summed E-state index contributed by atoms with van der Waals surface area (Å²) in [5.41, 5.74) is 1.49. The van der Waals surface area contributed by atoms with Gasteiger partial charge in [0.25, 0.3) is 0 Å². The molecule has 30 heavy (non-hydrogen) atoms. The summed E-state index contributed by atoms with van der Waals surface area (Å²) in [6, 6.07) is 9.56. The van der Waals surface area contributed by atoms with E-state index in [1.54, 1.807) is 0 Å². The predicted octanol–water partition coefficient (Wildman–Crippen LogP) is 3.86. The van der Waals surface area contributed by atoms with Gasteiger partial charge in [0.1, 0.15) is 0 Å². The Morgan fingerprint density at radius 1 is 1.10 bits per heavy atom. The molecule has 1 aliphatic carbocycles. The number of nitrogens with one attached hydrogen (secondary N) is 1. The second kappa shape index (κ2) is 13.5. The van der Waals surface area contributed by atoms with E-state index in [1.807, 2.05) is 11.8 Å². The predicted molar refractivity (Wildman–Crippen MR) is 121 cm³/mol. The van der Waals surface area contributed by atoms with Gasteiger partial charge >= 0.3 is 11.9 Å². The van der Waals surface area contributed by atoms with E-state index in [0.29, 0.717) is 18.2 Å². The average molecular weight is 435 g/mol. The maximum absolute atomic E-state index is 9.55. The van der Waals surface area contributed by atoms with Crippen molar-refractivity contribution in [3.05, 3.63) is 42.0 Å². The van der Waals surface area contributed by atoms with Crippen LogP contribution in [0.15, 0.2) is 41.3 Å². The highest BCUT2D eigenvalue weighted by Gasteiger charge is 2.23. The van der Waals surface area contributed by atoms with Crippen molar-refractivity contribution < 1.29 is 19.8 Å². The lowest BCUT2D eigenvalue weighted by Crippen LogP contribution is -2.36. The van der Waals surface area contributed by atoms with Gasteiger partial charge in [0.2, 0.25) is 0 Å². The van der Waals surface area contributed by atoms with E-state index in [-0.39, 0.29) is 0 Å². The third-order valence-electron chi connectivity index (χ3n) is 5.65. The minimum atomic E-state index is -1.26. The van der Waals surface area contributed by atoms with Crippen LogP contribution in [-0.4, -0.2) is 59.0 Å². The summed E-state index contributed by atoms with van der Waals surface area (Å²) in [6.45, 7) is 4.82. The van der Waals surface area contributed by atoms with Crippen LogP contribution in [0.5, 0.6) is 0 Å². The Kier molecular flexibility index (Phi) is 11.0. The van der Waals surface area contributed by atoms with E-state index in [9.17, 15) is 9.59 Å². The molecule has 1 heterocycles. The van der Waals surface area contributed by atoms with Gasteiger partial charge in [0.05, 0.1) is 0 Å². The van der Waals surface area contributed by atoms with Crippen molar-refractivity contribution in [3.8, 4) is 0 Å². The van der Waals surface area contributed by atoms with Gasteiger partial charge in [-0.05, 0) is 49.6 Å². The summed E-state index contributed by atoms with van der Waals surface area (Å²) in [6.07, 6.45) is 11.9. The molecule has 2 fully saturated rings. The number of thioether (sulfide) groups is 1. The summed E-state index contributed by atoms with van der Waals surface area (Å²) in [7, 11) is 0. The molecule has 0 radical (unpaired) electrons. The molecule has 0 bridgehead atoms. The molecule has 1 saturated carbocycles. The van der Waals surface area contributed by atoms with Crippen LogP contribution in [0, 0.1) is 5.92 Å². The van der Waals surface area contributed by atoms with Gasteiger partial charge in [-0.2, -0.15) is 0 Å². The SMILES string of the molecule is CSc1ccccc1CN1CC[C@H](NCC2CCCCC2)C1.O=C(O)C=CC(=O)O. The van der Waals surface area contributed by atoms with Crippen LogP contribution in [0.3, 0.4) is 0 Å². The summed E-state index contributed by atoms with van der Waals surface area (Å²) < 4.78 is 0. The van der Waals surface area contributed by atoms with Gasteiger partial charge in [-0.25, -0.2) is 9.59 Å². The molecule has 2 aliphatic rings. The summed E-state index contributed by atoms with van der Waals surface area (Å²) in [5, 5.41) is 19.5. The summed E-state index contributed by atoms with van der Waals surface area (Å²) >= 11 is 1.87. The third kappa shape index (κ3) is 9.32. The van der Waals surface area contributed by atoms with Crippen molar-refractivity contribution in [2.45, 2.75) is 56.0 Å². The first-order valence-electron chi connectivity index (χ1n) is 10.7. The molecule has 0 amide bonds. The number of rotatable bonds is 8. The highest BCUT2D eigenvalue weighted by atomic mass is 32.2. The number of likely N-dealkylation sites (tertiary alicyclic amines) is 1. The second-order valence-electron chi connectivity index (χ2n) is 7.95. The Morgan fingerprint density at radius 3 is 2.40 bits per heavy atom. The Bertz CT molecular complexity index is 688. The van der Waals surface area contributed by atoms with E-state index in [0.717, 1.165) is 12.5 Å². The van der Waals surface area contributed by atoms with E-state index in [2.05, 4.69) is 40.7 Å². The third-order valence-corrected chi connectivity index (χ3v) is 6.49. The number of hydrogen-bond donors (Lipinski definition) is 3. The number of carboxylic acid groups (broad SMARTS) is 2. The standard InChI is InChI=1S/C19H30N2S.C4H4O4/c1-22-19-10-6-5-9-17(19)14-21-12-11-18(15-21)20-13-16-7-3-2-4-8-16;5-3(6)1-2-4(7)8/h5-6,9-10,16,18,20H,2-4,7-8,11-15H2,1H3;1-2H,(H,5,6)(H,7,8)/t18-;/m0./s1. The average Bonchev–Trinajstić information content (AvgIpc) is 3.20. The normalized spacial score (nSPS) is 20.1. The molecule has 7 heteroatoms. The molecule has 1 atom stereocenters. The van der Waals surface area contributed by atoms with Crippen LogP contribution in [0.4, 0.5) is 0 Å². The lowest BCUT2D eigenvalue weighted by molar-refractivity contribution is -0.134. The largest absolute Gasteiger partial charge is 0.478 e. The molecular weight excluding hydrogens is 400 g/mol. The lowest BCUT2D eigenvalue weighted by Gasteiger charge is -2.24. The van der Waals surface area contributed by atoms with Crippen LogP contribution in [-0.2, 0) is 16.1 Å². The number of hydrogen-bond acceptors (Lipinski definition) is 5. The van der Waals surface area contributed by atoms with Crippen molar-refractivity contribution in [2.24, 2.45) is 5.92 Å². The number of carbonyl (C=O) groups is 2. The minimum absolute atomic E-state index is 0.558. The Labute approximate surface area is 183 Å². The molecule has 6 nitrogen and oxygen atoms in total. The highest BCUT2D eigenvalue weighted by molar-refractivity contribution is 7.98. The monoisotopic (exact) mass is 434 g/mol. The van der Waals surface area contributed by atoms with Gasteiger partial charge in [0, 0.05) is 42.7 Å². The van der Waals surface area contributed by atoms with Crippen LogP contribution in [0.2, 0.25) is 0 Å². The summed E-state index contributed by atoms with van der Waals surface area (Å²) in [5.74, 6) is -1.57. The molecule has 1 aromatic rings. The summed E-state index contributed by atoms with van der Waals surface area (Å²) in [4.78, 5) is 23.2. The van der Waals surface area contributed by atoms with Gasteiger partial charge in [0.15, 0.2) is 0 Å². The number of nitrogens with zero attached hydrogens (tertiary/aromatic N) is 1. The Hall–Kier alpha value is -1.83. The first-order valence-corrected chi connectivity index (χ1v) is 11.9. The fourth-order valence-electron chi connectivity index (χ4n) is 4.08. The van der Waals surface area contributed by atoms with Crippen molar-refractivity contribution in [1.29, 1.82) is 0 Å². The lowest BCUT2D eigenvalue weighted by atomic mass is 9.89. The van der Waals surface area contributed by atoms with Crippen molar-refractivity contribution >= 4 is 23.7 Å². The molecule has 1 aromatic carbocycles. The molecule has 1 saturated heterocycles. The zero-order valence-electron chi connectivity index (χ0n) is 17.8. The smallest absolute Gasteiger partial charge is 0.328 e. The van der Waals surface area contributed by atoms with E-state index in [1.165, 1.54) is 68.6 Å². The first-order chi connectivity index (χ1) is 14.5. The maximum Gasteiger partial charge on any atom is 0.328 e. The van der Waals surface area contributed by atoms with Crippen LogP contribution in [0.25, 0.3) is 0 Å². The fourth-order valence-corrected chi connectivity index (χ4v) is 4.69. The maximum atomic E-state index is 9.55.